The van der Waals surface area contributed by atoms with Crippen molar-refractivity contribution in [1.82, 2.24) is 5.32 Å². The van der Waals surface area contributed by atoms with E-state index in [4.69, 9.17) is 0 Å². The largest absolute Gasteiger partial charge is 0.349 e. The maximum absolute atomic E-state index is 13.8. The first-order valence-corrected chi connectivity index (χ1v) is 10.6. The van der Waals surface area contributed by atoms with Crippen molar-refractivity contribution in [2.24, 2.45) is 11.8 Å². The van der Waals surface area contributed by atoms with E-state index in [1.807, 2.05) is 0 Å². The molecule has 5 nitrogen and oxygen atoms in total. The summed E-state index contributed by atoms with van der Waals surface area (Å²) >= 11 is 0. The Balaban J connectivity index is 1.51. The highest BCUT2D eigenvalue weighted by molar-refractivity contribution is 7.92. The predicted octanol–water partition coefficient (Wildman–Crippen LogP) is 3.54. The number of nitrogens with one attached hydrogen (secondary N) is 2. The SMILES string of the molecule is O=C(N[C@H]1C[C@@H]2CC[C@@H]1C2)c1cccc(S(=O)(=O)Nc2ccccc2F)c1. The molecule has 2 fully saturated rings. The molecule has 2 aromatic carbocycles. The number of halogens is 1. The number of fused-ring (bicyclic) bond motifs is 2. The molecule has 2 aliphatic rings. The fourth-order valence-electron chi connectivity index (χ4n) is 4.23. The van der Waals surface area contributed by atoms with E-state index in [2.05, 4.69) is 10.0 Å². The van der Waals surface area contributed by atoms with E-state index < -0.39 is 15.8 Å². The Labute approximate surface area is 158 Å². The Morgan fingerprint density at radius 1 is 1.04 bits per heavy atom. The summed E-state index contributed by atoms with van der Waals surface area (Å²) in [5, 5.41) is 3.05. The summed E-state index contributed by atoms with van der Waals surface area (Å²) in [4.78, 5) is 12.5. The number of rotatable bonds is 5. The molecular formula is C20H21FN2O3S. The van der Waals surface area contributed by atoms with Crippen LogP contribution in [0.25, 0.3) is 0 Å². The molecule has 142 valence electrons. The van der Waals surface area contributed by atoms with E-state index in [-0.39, 0.29) is 28.1 Å². The van der Waals surface area contributed by atoms with Gasteiger partial charge in [0.05, 0.1) is 10.6 Å². The van der Waals surface area contributed by atoms with E-state index in [1.165, 1.54) is 49.2 Å². The minimum atomic E-state index is -4.00. The van der Waals surface area contributed by atoms with Crippen molar-refractivity contribution in [2.75, 3.05) is 4.72 Å². The number of sulfonamides is 1. The molecule has 0 radical (unpaired) electrons. The van der Waals surface area contributed by atoms with Gasteiger partial charge < -0.3 is 5.32 Å². The topological polar surface area (TPSA) is 75.3 Å². The zero-order chi connectivity index (χ0) is 19.0. The lowest BCUT2D eigenvalue weighted by molar-refractivity contribution is 0.0922. The van der Waals surface area contributed by atoms with Gasteiger partial charge in [-0.15, -0.1) is 0 Å². The van der Waals surface area contributed by atoms with Crippen LogP contribution in [-0.4, -0.2) is 20.4 Å². The van der Waals surface area contributed by atoms with Gasteiger partial charge in [-0.05, 0) is 61.4 Å². The Morgan fingerprint density at radius 2 is 1.85 bits per heavy atom. The van der Waals surface area contributed by atoms with Crippen LogP contribution in [0.2, 0.25) is 0 Å². The lowest BCUT2D eigenvalue weighted by Crippen LogP contribution is -2.38. The van der Waals surface area contributed by atoms with Crippen LogP contribution < -0.4 is 10.0 Å². The highest BCUT2D eigenvalue weighted by Crippen LogP contribution is 2.44. The molecule has 3 atom stereocenters. The molecule has 0 saturated heterocycles. The summed E-state index contributed by atoms with van der Waals surface area (Å²) in [5.41, 5.74) is 0.156. The first kappa shape index (κ1) is 18.0. The van der Waals surface area contributed by atoms with E-state index in [9.17, 15) is 17.6 Å². The van der Waals surface area contributed by atoms with Crippen LogP contribution >= 0.6 is 0 Å². The molecule has 0 unspecified atom stereocenters. The van der Waals surface area contributed by atoms with Crippen molar-refractivity contribution >= 4 is 21.6 Å². The van der Waals surface area contributed by atoms with Crippen LogP contribution in [0.15, 0.2) is 53.4 Å². The predicted molar refractivity (Wildman–Crippen MR) is 100 cm³/mol. The second-order valence-electron chi connectivity index (χ2n) is 7.37. The second kappa shape index (κ2) is 6.96. The normalized spacial score (nSPS) is 24.0. The van der Waals surface area contributed by atoms with Gasteiger partial charge in [-0.25, -0.2) is 12.8 Å². The van der Waals surface area contributed by atoms with Crippen molar-refractivity contribution in [1.29, 1.82) is 0 Å². The third kappa shape index (κ3) is 3.69. The van der Waals surface area contributed by atoms with Gasteiger partial charge in [-0.3, -0.25) is 9.52 Å². The molecule has 2 aromatic rings. The van der Waals surface area contributed by atoms with E-state index >= 15 is 0 Å². The Kier molecular flexibility index (Phi) is 4.63. The molecule has 7 heteroatoms. The van der Waals surface area contributed by atoms with E-state index in [0.717, 1.165) is 12.8 Å². The Bertz CT molecular complexity index is 977. The number of carbonyl (C=O) groups is 1. The van der Waals surface area contributed by atoms with Gasteiger partial charge in [0, 0.05) is 11.6 Å². The van der Waals surface area contributed by atoms with Crippen molar-refractivity contribution in [3.05, 3.63) is 59.9 Å². The van der Waals surface area contributed by atoms with Crippen LogP contribution in [0, 0.1) is 17.7 Å². The van der Waals surface area contributed by atoms with Gasteiger partial charge in [0.25, 0.3) is 15.9 Å². The highest BCUT2D eigenvalue weighted by atomic mass is 32.2. The van der Waals surface area contributed by atoms with E-state index in [0.29, 0.717) is 11.8 Å². The number of hydrogen-bond acceptors (Lipinski definition) is 3. The van der Waals surface area contributed by atoms with Crippen LogP contribution in [0.3, 0.4) is 0 Å². The molecule has 2 N–H and O–H groups in total. The average Bonchev–Trinajstić information content (AvgIpc) is 3.27. The van der Waals surface area contributed by atoms with E-state index in [1.54, 1.807) is 12.1 Å². The van der Waals surface area contributed by atoms with Crippen LogP contribution in [0.4, 0.5) is 10.1 Å². The standard InChI is InChI=1S/C20H21FN2O3S/c21-17-6-1-2-7-18(17)23-27(25,26)16-5-3-4-15(12-16)20(24)22-19-11-13-8-9-14(19)10-13/h1-7,12-14,19,23H,8-11H2,(H,22,24)/t13-,14-,19+/m1/s1. The zero-order valence-electron chi connectivity index (χ0n) is 14.7. The number of para-hydroxylation sites is 1. The van der Waals surface area contributed by atoms with Crippen LogP contribution in [0.5, 0.6) is 0 Å². The molecule has 2 bridgehead atoms. The number of anilines is 1. The molecule has 0 spiro atoms. The minimum Gasteiger partial charge on any atom is -0.349 e. The fraction of sp³-hybridized carbons (Fsp3) is 0.350. The summed E-state index contributed by atoms with van der Waals surface area (Å²) < 4.78 is 41.1. The average molecular weight is 388 g/mol. The third-order valence-corrected chi connectivity index (χ3v) is 6.94. The van der Waals surface area contributed by atoms with Gasteiger partial charge in [0.15, 0.2) is 0 Å². The van der Waals surface area contributed by atoms with Gasteiger partial charge in [-0.2, -0.15) is 0 Å². The molecule has 0 aromatic heterocycles. The molecule has 0 aliphatic heterocycles. The van der Waals surface area contributed by atoms with Gasteiger partial charge in [-0.1, -0.05) is 24.6 Å². The van der Waals surface area contributed by atoms with Gasteiger partial charge in [0.2, 0.25) is 0 Å². The summed E-state index contributed by atoms with van der Waals surface area (Å²) in [6.07, 6.45) is 4.57. The van der Waals surface area contributed by atoms with Crippen molar-refractivity contribution in [2.45, 2.75) is 36.6 Å². The molecule has 1 amide bonds. The first-order valence-electron chi connectivity index (χ1n) is 9.10. The van der Waals surface area contributed by atoms with Crippen LogP contribution in [0.1, 0.15) is 36.0 Å². The van der Waals surface area contributed by atoms with Crippen molar-refractivity contribution in [3.8, 4) is 0 Å². The zero-order valence-corrected chi connectivity index (χ0v) is 15.5. The molecule has 27 heavy (non-hydrogen) atoms. The summed E-state index contributed by atoms with van der Waals surface area (Å²) in [5.74, 6) is 0.312. The van der Waals surface area contributed by atoms with Crippen molar-refractivity contribution < 1.29 is 17.6 Å². The summed E-state index contributed by atoms with van der Waals surface area (Å²) in [6, 6.07) is 11.5. The lowest BCUT2D eigenvalue weighted by Gasteiger charge is -2.23. The number of carbonyl (C=O) groups excluding carboxylic acids is 1. The lowest BCUT2D eigenvalue weighted by atomic mass is 9.95. The monoisotopic (exact) mass is 388 g/mol. The number of hydrogen-bond donors (Lipinski definition) is 2. The smallest absolute Gasteiger partial charge is 0.262 e. The minimum absolute atomic E-state index is 0.0775. The van der Waals surface area contributed by atoms with Gasteiger partial charge >= 0.3 is 0 Å². The first-order chi connectivity index (χ1) is 12.9. The number of benzene rings is 2. The molecule has 2 saturated carbocycles. The highest BCUT2D eigenvalue weighted by Gasteiger charge is 2.40. The summed E-state index contributed by atoms with van der Waals surface area (Å²) in [7, 11) is -4.00. The molecule has 0 heterocycles. The van der Waals surface area contributed by atoms with Crippen LogP contribution in [-0.2, 0) is 10.0 Å². The second-order valence-corrected chi connectivity index (χ2v) is 9.05. The Hall–Kier alpha value is -2.41. The molecule has 2 aliphatic carbocycles. The van der Waals surface area contributed by atoms with Gasteiger partial charge in [0.1, 0.15) is 5.82 Å². The maximum Gasteiger partial charge on any atom is 0.262 e. The molecule has 4 rings (SSSR count). The third-order valence-electron chi connectivity index (χ3n) is 5.58. The Morgan fingerprint density at radius 3 is 2.56 bits per heavy atom. The quantitative estimate of drug-likeness (QED) is 0.823. The molecular weight excluding hydrogens is 367 g/mol. The van der Waals surface area contributed by atoms with Crippen molar-refractivity contribution in [3.63, 3.8) is 0 Å². The fourth-order valence-corrected chi connectivity index (χ4v) is 5.34. The summed E-state index contributed by atoms with van der Waals surface area (Å²) in [6.45, 7) is 0. The maximum atomic E-state index is 13.8. The number of amides is 1.